The van der Waals surface area contributed by atoms with Crippen LogP contribution >= 0.6 is 11.6 Å². The third-order valence-corrected chi connectivity index (χ3v) is 5.41. The lowest BCUT2D eigenvalue weighted by molar-refractivity contribution is -0.124. The molecule has 0 bridgehead atoms. The summed E-state index contributed by atoms with van der Waals surface area (Å²) in [4.78, 5) is 12.8. The van der Waals surface area contributed by atoms with Crippen LogP contribution in [0.3, 0.4) is 0 Å². The Labute approximate surface area is 163 Å². The average molecular weight is 388 g/mol. The molecule has 1 amide bonds. The normalized spacial score (nSPS) is 23.0. The molecule has 1 aliphatic carbocycles. The second kappa shape index (κ2) is 7.41. The molecular weight excluding hydrogens is 366 g/mol. The van der Waals surface area contributed by atoms with Crippen molar-refractivity contribution in [1.29, 1.82) is 0 Å². The van der Waals surface area contributed by atoms with E-state index in [0.717, 1.165) is 22.6 Å². The van der Waals surface area contributed by atoms with Gasteiger partial charge in [-0.3, -0.25) is 4.79 Å². The lowest BCUT2D eigenvalue weighted by atomic mass is 10.1. The highest BCUT2D eigenvalue weighted by molar-refractivity contribution is 6.32. The molecule has 27 heavy (non-hydrogen) atoms. The number of carbonyl (C=O) groups excluding carboxylic acids is 1. The maximum absolute atomic E-state index is 12.8. The second-order valence-electron chi connectivity index (χ2n) is 6.81. The van der Waals surface area contributed by atoms with E-state index in [4.69, 9.17) is 25.8 Å². The van der Waals surface area contributed by atoms with Gasteiger partial charge < -0.3 is 19.5 Å². The molecule has 1 N–H and O–H groups in total. The van der Waals surface area contributed by atoms with Crippen LogP contribution in [-0.2, 0) is 9.53 Å². The number of methoxy groups -OCH3 is 1. The van der Waals surface area contributed by atoms with Crippen molar-refractivity contribution in [3.8, 4) is 11.5 Å². The fourth-order valence-corrected chi connectivity index (χ4v) is 4.01. The van der Waals surface area contributed by atoms with Crippen molar-refractivity contribution in [1.82, 2.24) is 5.32 Å². The molecule has 4 rings (SSSR count). The average Bonchev–Trinajstić information content (AvgIpc) is 3.25. The van der Waals surface area contributed by atoms with Crippen LogP contribution in [0.5, 0.6) is 11.5 Å². The Kier molecular flexibility index (Phi) is 4.98. The molecule has 6 heteroatoms. The van der Waals surface area contributed by atoms with Gasteiger partial charge in [0.15, 0.2) is 0 Å². The molecule has 2 aromatic carbocycles. The van der Waals surface area contributed by atoms with Gasteiger partial charge in [0.1, 0.15) is 17.6 Å². The van der Waals surface area contributed by atoms with Crippen LogP contribution in [0.15, 0.2) is 42.5 Å². The Morgan fingerprint density at radius 2 is 2.04 bits per heavy atom. The van der Waals surface area contributed by atoms with Gasteiger partial charge in [-0.25, -0.2) is 0 Å². The van der Waals surface area contributed by atoms with Crippen LogP contribution in [-0.4, -0.2) is 32.3 Å². The van der Waals surface area contributed by atoms with Crippen molar-refractivity contribution in [2.24, 2.45) is 5.92 Å². The third kappa shape index (κ3) is 3.37. The SMILES string of the molecule is CCOc1ccc([C@H](COC)NC(=O)[C@H]2C3Oc4c(Cl)cccc4C32)cc1. The zero-order valence-electron chi connectivity index (χ0n) is 15.3. The summed E-state index contributed by atoms with van der Waals surface area (Å²) in [5.41, 5.74) is 2.00. The predicted molar refractivity (Wildman–Crippen MR) is 102 cm³/mol. The zero-order valence-corrected chi connectivity index (χ0v) is 16.0. The molecule has 0 saturated heterocycles. The summed E-state index contributed by atoms with van der Waals surface area (Å²) in [7, 11) is 1.63. The van der Waals surface area contributed by atoms with Crippen LogP contribution in [0.25, 0.3) is 0 Å². The lowest BCUT2D eigenvalue weighted by Crippen LogP contribution is -2.34. The highest BCUT2D eigenvalue weighted by atomic mass is 35.5. The number of rotatable bonds is 7. The highest BCUT2D eigenvalue weighted by Gasteiger charge is 2.63. The van der Waals surface area contributed by atoms with E-state index < -0.39 is 0 Å². The summed E-state index contributed by atoms with van der Waals surface area (Å²) in [6, 6.07) is 13.2. The molecule has 2 aliphatic rings. The number of para-hydroxylation sites is 1. The van der Waals surface area contributed by atoms with E-state index in [9.17, 15) is 4.79 Å². The van der Waals surface area contributed by atoms with Gasteiger partial charge in [-0.05, 0) is 30.7 Å². The standard InChI is InChI=1S/C21H22ClNO4/c1-3-26-13-9-7-12(8-10-13)16(11-25-2)23-21(24)18-17-14-5-4-6-15(22)19(14)27-20(17)18/h4-10,16-18,20H,3,11H2,1-2H3,(H,23,24)/t16-,17?,18+,20?/m0/s1. The molecule has 4 atom stereocenters. The van der Waals surface area contributed by atoms with E-state index in [-0.39, 0.29) is 29.9 Å². The minimum Gasteiger partial charge on any atom is -0.494 e. The Morgan fingerprint density at radius 3 is 2.74 bits per heavy atom. The fourth-order valence-electron chi connectivity index (χ4n) is 3.78. The molecule has 0 spiro atoms. The van der Waals surface area contributed by atoms with Gasteiger partial charge in [0.05, 0.1) is 30.2 Å². The molecule has 142 valence electrons. The molecule has 1 heterocycles. The Balaban J connectivity index is 1.45. The van der Waals surface area contributed by atoms with Gasteiger partial charge in [0, 0.05) is 18.6 Å². The number of hydrogen-bond acceptors (Lipinski definition) is 4. The quantitative estimate of drug-likeness (QED) is 0.786. The summed E-state index contributed by atoms with van der Waals surface area (Å²) in [5.74, 6) is 1.41. The number of halogens is 1. The second-order valence-corrected chi connectivity index (χ2v) is 7.22. The Bertz CT molecular complexity index is 839. The number of ether oxygens (including phenoxy) is 3. The van der Waals surface area contributed by atoms with Crippen LogP contribution in [0.2, 0.25) is 5.02 Å². The third-order valence-electron chi connectivity index (χ3n) is 5.11. The van der Waals surface area contributed by atoms with Gasteiger partial charge in [-0.2, -0.15) is 0 Å². The van der Waals surface area contributed by atoms with E-state index in [2.05, 4.69) is 5.32 Å². The number of fused-ring (bicyclic) bond motifs is 3. The Hall–Kier alpha value is -2.24. The van der Waals surface area contributed by atoms with E-state index in [1.54, 1.807) is 13.2 Å². The number of hydrogen-bond donors (Lipinski definition) is 1. The van der Waals surface area contributed by atoms with E-state index in [1.807, 2.05) is 43.3 Å². The fraction of sp³-hybridized carbons (Fsp3) is 0.381. The van der Waals surface area contributed by atoms with Crippen LogP contribution in [0.4, 0.5) is 0 Å². The summed E-state index contributed by atoms with van der Waals surface area (Å²) in [6.07, 6.45) is -0.122. The van der Waals surface area contributed by atoms with Gasteiger partial charge in [0.25, 0.3) is 0 Å². The minimum absolute atomic E-state index is 0.0217. The van der Waals surface area contributed by atoms with Crippen molar-refractivity contribution in [2.45, 2.75) is 25.0 Å². The number of carbonyl (C=O) groups is 1. The van der Waals surface area contributed by atoms with Crippen molar-refractivity contribution in [2.75, 3.05) is 20.3 Å². The van der Waals surface area contributed by atoms with E-state index in [1.165, 1.54) is 0 Å². The predicted octanol–water partition coefficient (Wildman–Crippen LogP) is 3.72. The summed E-state index contributed by atoms with van der Waals surface area (Å²) < 4.78 is 16.7. The topological polar surface area (TPSA) is 56.8 Å². The molecule has 2 aromatic rings. The summed E-state index contributed by atoms with van der Waals surface area (Å²) in [6.45, 7) is 2.96. The molecule has 2 unspecified atom stereocenters. The van der Waals surface area contributed by atoms with Gasteiger partial charge >= 0.3 is 0 Å². The molecule has 0 radical (unpaired) electrons. The van der Waals surface area contributed by atoms with Crippen LogP contribution in [0.1, 0.15) is 30.0 Å². The number of benzene rings is 2. The molecule has 5 nitrogen and oxygen atoms in total. The molecule has 0 aromatic heterocycles. The minimum atomic E-state index is -0.224. The van der Waals surface area contributed by atoms with Crippen molar-refractivity contribution < 1.29 is 19.0 Å². The van der Waals surface area contributed by atoms with Gasteiger partial charge in [-0.1, -0.05) is 35.9 Å². The van der Waals surface area contributed by atoms with Crippen LogP contribution < -0.4 is 14.8 Å². The van der Waals surface area contributed by atoms with Crippen LogP contribution in [0, 0.1) is 5.92 Å². The number of amides is 1. The molecule has 1 aliphatic heterocycles. The van der Waals surface area contributed by atoms with E-state index in [0.29, 0.717) is 18.2 Å². The van der Waals surface area contributed by atoms with Gasteiger partial charge in [-0.15, -0.1) is 0 Å². The first-order chi connectivity index (χ1) is 13.1. The maximum Gasteiger partial charge on any atom is 0.228 e. The number of nitrogens with one attached hydrogen (secondary N) is 1. The summed E-state index contributed by atoms with van der Waals surface area (Å²) in [5, 5.41) is 3.71. The molecule has 1 saturated carbocycles. The summed E-state index contributed by atoms with van der Waals surface area (Å²) >= 11 is 6.17. The first-order valence-corrected chi connectivity index (χ1v) is 9.49. The first-order valence-electron chi connectivity index (χ1n) is 9.11. The smallest absolute Gasteiger partial charge is 0.228 e. The lowest BCUT2D eigenvalue weighted by Gasteiger charge is -2.19. The van der Waals surface area contributed by atoms with Gasteiger partial charge in [0.2, 0.25) is 5.91 Å². The van der Waals surface area contributed by atoms with Crippen molar-refractivity contribution in [3.63, 3.8) is 0 Å². The van der Waals surface area contributed by atoms with Crippen molar-refractivity contribution >= 4 is 17.5 Å². The zero-order chi connectivity index (χ0) is 19.0. The highest BCUT2D eigenvalue weighted by Crippen LogP contribution is 2.59. The molecular formula is C21H22ClNO4. The van der Waals surface area contributed by atoms with Crippen molar-refractivity contribution in [3.05, 3.63) is 58.6 Å². The van der Waals surface area contributed by atoms with E-state index >= 15 is 0 Å². The largest absolute Gasteiger partial charge is 0.494 e. The maximum atomic E-state index is 12.8. The molecule has 1 fully saturated rings. The first kappa shape index (κ1) is 18.1. The monoisotopic (exact) mass is 387 g/mol. The Morgan fingerprint density at radius 1 is 1.26 bits per heavy atom.